The second-order valence-electron chi connectivity index (χ2n) is 5.33. The van der Waals surface area contributed by atoms with Gasteiger partial charge in [-0.1, -0.05) is 24.3 Å². The Hall–Kier alpha value is -2.29. The smallest absolute Gasteiger partial charge is 0.328 e. The zero-order chi connectivity index (χ0) is 16.0. The fourth-order valence-corrected chi connectivity index (χ4v) is 2.09. The first-order chi connectivity index (χ1) is 9.81. The molecule has 0 aliphatic heterocycles. The number of carboxylic acid groups (broad SMARTS) is 1. The van der Waals surface area contributed by atoms with Gasteiger partial charge in [0.2, 0.25) is 0 Å². The lowest BCUT2D eigenvalue weighted by Gasteiger charge is -2.16. The van der Waals surface area contributed by atoms with Crippen LogP contribution in [0.25, 0.3) is 5.57 Å². The molecule has 0 bridgehead atoms. The monoisotopic (exact) mass is 285 g/mol. The van der Waals surface area contributed by atoms with Gasteiger partial charge in [0.1, 0.15) is 0 Å². The third-order valence-electron chi connectivity index (χ3n) is 3.19. The van der Waals surface area contributed by atoms with Crippen LogP contribution in [0.2, 0.25) is 0 Å². The topological polar surface area (TPSA) is 40.5 Å². The van der Waals surface area contributed by atoms with Crippen molar-refractivity contribution in [3.63, 3.8) is 0 Å². The summed E-state index contributed by atoms with van der Waals surface area (Å²) >= 11 is 0. The van der Waals surface area contributed by atoms with Crippen molar-refractivity contribution in [1.29, 1.82) is 0 Å². The quantitative estimate of drug-likeness (QED) is 0.655. The molecule has 0 saturated heterocycles. The Labute approximate surface area is 126 Å². The predicted molar refractivity (Wildman–Crippen MR) is 89.7 cm³/mol. The van der Waals surface area contributed by atoms with Gasteiger partial charge >= 0.3 is 5.97 Å². The first kappa shape index (κ1) is 16.8. The third kappa shape index (κ3) is 5.30. The van der Waals surface area contributed by atoms with Crippen LogP contribution in [0.1, 0.15) is 25.0 Å². The lowest BCUT2D eigenvalue weighted by Crippen LogP contribution is -2.10. The maximum atomic E-state index is 10.5. The molecule has 0 atom stereocenters. The summed E-state index contributed by atoms with van der Waals surface area (Å²) in [7, 11) is 4.07. The molecular weight excluding hydrogens is 262 g/mol. The predicted octanol–water partition coefficient (Wildman–Crippen LogP) is 4.05. The fourth-order valence-electron chi connectivity index (χ4n) is 2.09. The Morgan fingerprint density at radius 2 is 1.90 bits per heavy atom. The van der Waals surface area contributed by atoms with Crippen LogP contribution in [0.15, 0.2) is 48.1 Å². The van der Waals surface area contributed by atoms with Gasteiger partial charge in [-0.15, -0.1) is 0 Å². The molecule has 0 amide bonds. The standard InChI is InChI=1S/C18H23NO2/c1-13(11-18(20)21)7-6-8-14(2)16-9-10-17(19(4)5)15(3)12-16/h6-12H,1-5H3,(H,20,21). The average Bonchev–Trinajstić information content (AvgIpc) is 2.36. The fraction of sp³-hybridized carbons (Fsp3) is 0.278. The molecule has 0 aliphatic carbocycles. The van der Waals surface area contributed by atoms with Crippen LogP contribution in [0, 0.1) is 6.92 Å². The van der Waals surface area contributed by atoms with Crippen LogP contribution in [0.3, 0.4) is 0 Å². The van der Waals surface area contributed by atoms with E-state index in [4.69, 9.17) is 5.11 Å². The van der Waals surface area contributed by atoms with Crippen molar-refractivity contribution >= 4 is 17.2 Å². The molecule has 0 saturated carbocycles. The van der Waals surface area contributed by atoms with Gasteiger partial charge in [0.15, 0.2) is 0 Å². The van der Waals surface area contributed by atoms with Gasteiger partial charge in [-0.05, 0) is 55.2 Å². The van der Waals surface area contributed by atoms with Crippen LogP contribution in [0.4, 0.5) is 5.69 Å². The van der Waals surface area contributed by atoms with E-state index < -0.39 is 5.97 Å². The highest BCUT2D eigenvalue weighted by atomic mass is 16.4. The molecule has 112 valence electrons. The molecule has 0 heterocycles. The first-order valence-corrected chi connectivity index (χ1v) is 6.86. The van der Waals surface area contributed by atoms with E-state index in [1.807, 2.05) is 33.2 Å². The molecule has 3 heteroatoms. The minimum Gasteiger partial charge on any atom is -0.478 e. The highest BCUT2D eigenvalue weighted by molar-refractivity contribution is 5.81. The van der Waals surface area contributed by atoms with E-state index in [1.165, 1.54) is 22.9 Å². The number of carbonyl (C=O) groups is 1. The molecule has 21 heavy (non-hydrogen) atoms. The number of carboxylic acids is 1. The summed E-state index contributed by atoms with van der Waals surface area (Å²) in [4.78, 5) is 12.6. The number of hydrogen-bond donors (Lipinski definition) is 1. The Balaban J connectivity index is 2.91. The van der Waals surface area contributed by atoms with Gasteiger partial charge in [0.25, 0.3) is 0 Å². The summed E-state index contributed by atoms with van der Waals surface area (Å²) in [6, 6.07) is 6.37. The van der Waals surface area contributed by atoms with Crippen molar-refractivity contribution in [3.05, 3.63) is 59.2 Å². The number of benzene rings is 1. The van der Waals surface area contributed by atoms with Crippen molar-refractivity contribution in [2.45, 2.75) is 20.8 Å². The number of anilines is 1. The molecule has 1 rings (SSSR count). The molecule has 0 unspecified atom stereocenters. The van der Waals surface area contributed by atoms with Crippen molar-refractivity contribution in [2.24, 2.45) is 0 Å². The van der Waals surface area contributed by atoms with Gasteiger partial charge in [-0.3, -0.25) is 0 Å². The number of aliphatic carboxylic acids is 1. The summed E-state index contributed by atoms with van der Waals surface area (Å²) in [5.41, 5.74) is 5.47. The molecule has 0 aromatic heterocycles. The zero-order valence-corrected chi connectivity index (χ0v) is 13.3. The second-order valence-corrected chi connectivity index (χ2v) is 5.33. The minimum absolute atomic E-state index is 0.714. The van der Waals surface area contributed by atoms with Crippen molar-refractivity contribution < 1.29 is 9.90 Å². The second kappa shape index (κ2) is 7.48. The van der Waals surface area contributed by atoms with Crippen molar-refractivity contribution in [3.8, 4) is 0 Å². The van der Waals surface area contributed by atoms with Crippen LogP contribution >= 0.6 is 0 Å². The molecule has 3 nitrogen and oxygen atoms in total. The van der Waals surface area contributed by atoms with E-state index in [9.17, 15) is 4.79 Å². The summed E-state index contributed by atoms with van der Waals surface area (Å²) < 4.78 is 0. The Bertz CT molecular complexity index is 608. The molecular formula is C18H23NO2. The molecule has 1 aromatic rings. The van der Waals surface area contributed by atoms with Gasteiger partial charge < -0.3 is 10.0 Å². The molecule has 1 aromatic carbocycles. The highest BCUT2D eigenvalue weighted by Gasteiger charge is 2.02. The molecule has 0 fully saturated rings. The maximum absolute atomic E-state index is 10.5. The van der Waals surface area contributed by atoms with Crippen LogP contribution < -0.4 is 4.90 Å². The lowest BCUT2D eigenvalue weighted by molar-refractivity contribution is -0.131. The first-order valence-electron chi connectivity index (χ1n) is 6.86. The van der Waals surface area contributed by atoms with Crippen molar-refractivity contribution in [1.82, 2.24) is 0 Å². The average molecular weight is 285 g/mol. The lowest BCUT2D eigenvalue weighted by atomic mass is 10.0. The third-order valence-corrected chi connectivity index (χ3v) is 3.19. The van der Waals surface area contributed by atoms with Gasteiger partial charge in [-0.25, -0.2) is 4.79 Å². The van der Waals surface area contributed by atoms with E-state index in [2.05, 4.69) is 30.0 Å². The molecule has 0 spiro atoms. The van der Waals surface area contributed by atoms with Gasteiger partial charge in [0.05, 0.1) is 0 Å². The molecule has 0 radical (unpaired) electrons. The van der Waals surface area contributed by atoms with E-state index in [0.717, 1.165) is 5.57 Å². The van der Waals surface area contributed by atoms with Crippen LogP contribution in [-0.2, 0) is 4.79 Å². The summed E-state index contributed by atoms with van der Waals surface area (Å²) in [5.74, 6) is -0.923. The summed E-state index contributed by atoms with van der Waals surface area (Å²) in [6.45, 7) is 5.91. The number of nitrogens with zero attached hydrogens (tertiary/aromatic N) is 1. The van der Waals surface area contributed by atoms with Crippen LogP contribution in [-0.4, -0.2) is 25.2 Å². The number of hydrogen-bond acceptors (Lipinski definition) is 2. The maximum Gasteiger partial charge on any atom is 0.328 e. The minimum atomic E-state index is -0.923. The largest absolute Gasteiger partial charge is 0.478 e. The van der Waals surface area contributed by atoms with E-state index in [0.29, 0.717) is 5.57 Å². The SMILES string of the molecule is CC(C=CC=C(C)c1ccc(N(C)C)c(C)c1)=CC(=O)O. The summed E-state index contributed by atoms with van der Waals surface area (Å²) in [6.07, 6.45) is 6.84. The van der Waals surface area contributed by atoms with Crippen molar-refractivity contribution in [2.75, 3.05) is 19.0 Å². The highest BCUT2D eigenvalue weighted by Crippen LogP contribution is 2.23. The van der Waals surface area contributed by atoms with E-state index in [-0.39, 0.29) is 0 Å². The van der Waals surface area contributed by atoms with E-state index >= 15 is 0 Å². The Kier molecular flexibility index (Phi) is 5.97. The molecule has 1 N–H and O–H groups in total. The van der Waals surface area contributed by atoms with E-state index in [1.54, 1.807) is 13.0 Å². The number of aryl methyl sites for hydroxylation is 1. The number of rotatable bonds is 5. The van der Waals surface area contributed by atoms with Gasteiger partial charge in [0, 0.05) is 25.9 Å². The normalized spacial score (nSPS) is 12.8. The zero-order valence-electron chi connectivity index (χ0n) is 13.3. The van der Waals surface area contributed by atoms with Gasteiger partial charge in [-0.2, -0.15) is 0 Å². The van der Waals surface area contributed by atoms with Crippen LogP contribution in [0.5, 0.6) is 0 Å². The number of allylic oxidation sites excluding steroid dienone is 5. The summed E-state index contributed by atoms with van der Waals surface area (Å²) in [5, 5.41) is 8.64. The Morgan fingerprint density at radius 3 is 2.43 bits per heavy atom. The Morgan fingerprint density at radius 1 is 1.24 bits per heavy atom. The molecule has 0 aliphatic rings.